The molecule has 2 amide bonds. The molecule has 7 nitrogen and oxygen atoms in total. The number of benzene rings is 1. The van der Waals surface area contributed by atoms with Gasteiger partial charge in [0.1, 0.15) is 0 Å². The first-order valence-corrected chi connectivity index (χ1v) is 9.33. The van der Waals surface area contributed by atoms with Gasteiger partial charge < -0.3 is 25.2 Å². The van der Waals surface area contributed by atoms with Crippen molar-refractivity contribution in [1.82, 2.24) is 4.90 Å². The number of nitrogens with zero attached hydrogens (tertiary/aromatic N) is 1. The van der Waals surface area contributed by atoms with Crippen molar-refractivity contribution < 1.29 is 24.2 Å². The van der Waals surface area contributed by atoms with Gasteiger partial charge in [0.2, 0.25) is 0 Å². The molecule has 2 aliphatic rings. The number of hydrogen-bond donors (Lipinski definition) is 2. The van der Waals surface area contributed by atoms with Crippen LogP contribution < -0.4 is 15.2 Å². The molecule has 1 aromatic rings. The summed E-state index contributed by atoms with van der Waals surface area (Å²) in [7, 11) is 1.60. The molecular weight excluding hydrogens is 348 g/mol. The Balaban J connectivity index is 1.90. The lowest BCUT2D eigenvalue weighted by atomic mass is 9.72. The summed E-state index contributed by atoms with van der Waals surface area (Å²) >= 11 is 0. The zero-order chi connectivity index (χ0) is 19.8. The number of hydrogen-bond acceptors (Lipinski definition) is 5. The molecule has 2 fully saturated rings. The van der Waals surface area contributed by atoms with Crippen molar-refractivity contribution >= 4 is 11.8 Å². The number of primary amides is 1. The molecule has 1 saturated heterocycles. The molecule has 3 rings (SSSR count). The first-order chi connectivity index (χ1) is 12.8. The molecule has 148 valence electrons. The Morgan fingerprint density at radius 1 is 1.37 bits per heavy atom. The fourth-order valence-electron chi connectivity index (χ4n) is 3.75. The third kappa shape index (κ3) is 3.88. The van der Waals surface area contributed by atoms with E-state index in [0.29, 0.717) is 30.6 Å². The normalized spacial score (nSPS) is 25.9. The molecule has 3 unspecified atom stereocenters. The average Bonchev–Trinajstić information content (AvgIpc) is 3.40. The number of nitrogens with two attached hydrogens (primary N) is 1. The highest BCUT2D eigenvalue weighted by molar-refractivity contribution is 6.34. The van der Waals surface area contributed by atoms with Gasteiger partial charge in [-0.2, -0.15) is 0 Å². The van der Waals surface area contributed by atoms with E-state index < -0.39 is 23.3 Å². The number of ether oxygens (including phenoxy) is 2. The monoisotopic (exact) mass is 376 g/mol. The van der Waals surface area contributed by atoms with Crippen LogP contribution in [-0.2, 0) is 9.59 Å². The van der Waals surface area contributed by atoms with Crippen molar-refractivity contribution in [3.8, 4) is 11.5 Å². The molecule has 0 radical (unpaired) electrons. The molecule has 3 N–H and O–H groups in total. The minimum Gasteiger partial charge on any atom is -0.493 e. The number of aliphatic hydroxyl groups is 1. The van der Waals surface area contributed by atoms with Crippen LogP contribution in [0.3, 0.4) is 0 Å². The molecule has 1 aromatic carbocycles. The summed E-state index contributed by atoms with van der Waals surface area (Å²) in [4.78, 5) is 24.9. The van der Waals surface area contributed by atoms with Gasteiger partial charge >= 0.3 is 11.8 Å². The molecule has 1 heterocycles. The first kappa shape index (κ1) is 19.5. The van der Waals surface area contributed by atoms with Crippen LogP contribution >= 0.6 is 0 Å². The summed E-state index contributed by atoms with van der Waals surface area (Å²) in [6, 6.07) is 5.69. The highest BCUT2D eigenvalue weighted by Gasteiger charge is 2.49. The van der Waals surface area contributed by atoms with Crippen molar-refractivity contribution in [2.75, 3.05) is 26.8 Å². The second-order valence-corrected chi connectivity index (χ2v) is 7.95. The average molecular weight is 376 g/mol. The number of methoxy groups -OCH3 is 1. The summed E-state index contributed by atoms with van der Waals surface area (Å²) in [6.07, 6.45) is 1.70. The van der Waals surface area contributed by atoms with Crippen molar-refractivity contribution in [2.45, 2.75) is 38.7 Å². The summed E-state index contributed by atoms with van der Waals surface area (Å²) in [5, 5.41) is 10.4. The highest BCUT2D eigenvalue weighted by Crippen LogP contribution is 2.47. The topological polar surface area (TPSA) is 102 Å². The largest absolute Gasteiger partial charge is 0.493 e. The van der Waals surface area contributed by atoms with E-state index in [9.17, 15) is 14.7 Å². The Bertz CT molecular complexity index is 731. The summed E-state index contributed by atoms with van der Waals surface area (Å²) in [5.41, 5.74) is 5.50. The van der Waals surface area contributed by atoms with Crippen molar-refractivity contribution in [1.29, 1.82) is 0 Å². The Hall–Kier alpha value is -2.28. The van der Waals surface area contributed by atoms with Crippen LogP contribution in [0, 0.1) is 11.3 Å². The van der Waals surface area contributed by atoms with Crippen molar-refractivity contribution in [2.24, 2.45) is 17.1 Å². The Labute approximate surface area is 159 Å². The van der Waals surface area contributed by atoms with Gasteiger partial charge in [-0.05, 0) is 43.4 Å². The maximum absolute atomic E-state index is 12.1. The Morgan fingerprint density at radius 3 is 2.63 bits per heavy atom. The van der Waals surface area contributed by atoms with Crippen molar-refractivity contribution in [3.63, 3.8) is 0 Å². The zero-order valence-electron chi connectivity index (χ0n) is 16.1. The predicted octanol–water partition coefficient (Wildman–Crippen LogP) is 1.28. The van der Waals surface area contributed by atoms with Crippen LogP contribution in [0.4, 0.5) is 0 Å². The molecule has 3 atom stereocenters. The van der Waals surface area contributed by atoms with E-state index >= 15 is 0 Å². The molecule has 1 saturated carbocycles. The number of carbonyl (C=O) groups excluding carboxylic acids is 2. The summed E-state index contributed by atoms with van der Waals surface area (Å²) in [6.45, 7) is 4.87. The molecule has 1 aliphatic carbocycles. The number of amides is 2. The molecule has 0 spiro atoms. The van der Waals surface area contributed by atoms with Gasteiger partial charge in [0.05, 0.1) is 19.8 Å². The Morgan fingerprint density at radius 2 is 2.07 bits per heavy atom. The minimum atomic E-state index is -0.980. The van der Waals surface area contributed by atoms with E-state index in [1.165, 1.54) is 17.7 Å². The summed E-state index contributed by atoms with van der Waals surface area (Å²) in [5.74, 6) is 0.0665. The lowest BCUT2D eigenvalue weighted by molar-refractivity contribution is -0.143. The van der Waals surface area contributed by atoms with Crippen molar-refractivity contribution in [3.05, 3.63) is 23.8 Å². The first-order valence-electron chi connectivity index (χ1n) is 9.33. The lowest BCUT2D eigenvalue weighted by Crippen LogP contribution is -2.41. The van der Waals surface area contributed by atoms with Crippen LogP contribution in [-0.4, -0.2) is 54.7 Å². The smallest absolute Gasteiger partial charge is 0.311 e. The van der Waals surface area contributed by atoms with Crippen LogP contribution in [0.2, 0.25) is 0 Å². The molecule has 0 aromatic heterocycles. The fourth-order valence-corrected chi connectivity index (χ4v) is 3.75. The van der Waals surface area contributed by atoms with E-state index in [-0.39, 0.29) is 12.5 Å². The van der Waals surface area contributed by atoms with E-state index in [4.69, 9.17) is 15.2 Å². The van der Waals surface area contributed by atoms with Gasteiger partial charge in [0.15, 0.2) is 11.5 Å². The standard InChI is InChI=1S/C20H28N2O5/c1-12(23)20(2)11-22(19(25)18(21)24)9-15(20)14-6-7-16(26-3)17(8-14)27-10-13-4-5-13/h6-8,12-13,15,23H,4-5,9-11H2,1-3H3,(H2,21,24). The zero-order valence-corrected chi connectivity index (χ0v) is 16.1. The van der Waals surface area contributed by atoms with Crippen LogP contribution in [0.15, 0.2) is 18.2 Å². The molecule has 27 heavy (non-hydrogen) atoms. The minimum absolute atomic E-state index is 0.157. The number of rotatable bonds is 6. The number of likely N-dealkylation sites (tertiary alicyclic amines) is 1. The van der Waals surface area contributed by atoms with E-state index in [1.54, 1.807) is 14.0 Å². The predicted molar refractivity (Wildman–Crippen MR) is 99.5 cm³/mol. The van der Waals surface area contributed by atoms with Crippen LogP contribution in [0.1, 0.15) is 38.2 Å². The molecule has 0 bridgehead atoms. The SMILES string of the molecule is COc1ccc(C2CN(C(=O)C(N)=O)CC2(C)C(C)O)cc1OCC1CC1. The molecule has 7 heteroatoms. The summed E-state index contributed by atoms with van der Waals surface area (Å²) < 4.78 is 11.4. The lowest BCUT2D eigenvalue weighted by Gasteiger charge is -2.33. The maximum atomic E-state index is 12.1. The molecular formula is C20H28N2O5. The van der Waals surface area contributed by atoms with Gasteiger partial charge in [-0.1, -0.05) is 13.0 Å². The Kier molecular flexibility index (Phi) is 5.33. The van der Waals surface area contributed by atoms with Gasteiger partial charge in [-0.3, -0.25) is 9.59 Å². The number of aliphatic hydroxyl groups excluding tert-OH is 1. The van der Waals surface area contributed by atoms with Crippen LogP contribution in [0.25, 0.3) is 0 Å². The number of carbonyl (C=O) groups is 2. The van der Waals surface area contributed by atoms with E-state index in [0.717, 1.165) is 5.56 Å². The van der Waals surface area contributed by atoms with E-state index in [2.05, 4.69) is 0 Å². The van der Waals surface area contributed by atoms with Gasteiger partial charge in [-0.15, -0.1) is 0 Å². The van der Waals surface area contributed by atoms with E-state index in [1.807, 2.05) is 25.1 Å². The second kappa shape index (κ2) is 7.38. The fraction of sp³-hybridized carbons (Fsp3) is 0.600. The molecule has 1 aliphatic heterocycles. The quantitative estimate of drug-likeness (QED) is 0.728. The highest BCUT2D eigenvalue weighted by atomic mass is 16.5. The van der Waals surface area contributed by atoms with Crippen LogP contribution in [0.5, 0.6) is 11.5 Å². The van der Waals surface area contributed by atoms with Gasteiger partial charge in [0.25, 0.3) is 0 Å². The third-order valence-corrected chi connectivity index (χ3v) is 5.94. The van der Waals surface area contributed by atoms with Gasteiger partial charge in [0, 0.05) is 24.4 Å². The maximum Gasteiger partial charge on any atom is 0.311 e. The van der Waals surface area contributed by atoms with Gasteiger partial charge in [-0.25, -0.2) is 0 Å². The second-order valence-electron chi connectivity index (χ2n) is 7.95. The third-order valence-electron chi connectivity index (χ3n) is 5.94.